The Morgan fingerprint density at radius 2 is 2.36 bits per heavy atom. The summed E-state index contributed by atoms with van der Waals surface area (Å²) in [7, 11) is 1.99. The summed E-state index contributed by atoms with van der Waals surface area (Å²) < 4.78 is 2.03. The van der Waals surface area contributed by atoms with Gasteiger partial charge in [-0.05, 0) is 13.0 Å². The van der Waals surface area contributed by atoms with Crippen molar-refractivity contribution >= 4 is 6.08 Å². The molecule has 0 amide bonds. The number of hydrogen-bond acceptors (Lipinski definition) is 1. The first kappa shape index (κ1) is 7.79. The van der Waals surface area contributed by atoms with Crippen molar-refractivity contribution in [2.45, 2.75) is 6.92 Å². The van der Waals surface area contributed by atoms with E-state index in [-0.39, 0.29) is 0 Å². The van der Waals surface area contributed by atoms with Gasteiger partial charge in [0.05, 0.1) is 0 Å². The fourth-order valence-corrected chi connectivity index (χ4v) is 0.822. The third-order valence-corrected chi connectivity index (χ3v) is 1.64. The molecule has 1 heterocycles. The summed E-state index contributed by atoms with van der Waals surface area (Å²) in [5.41, 5.74) is 1.16. The normalized spacial score (nSPS) is 10.7. The zero-order valence-electron chi connectivity index (χ0n) is 6.91. The Morgan fingerprint density at radius 1 is 1.64 bits per heavy atom. The monoisotopic (exact) mass is 148 g/mol. The van der Waals surface area contributed by atoms with Gasteiger partial charge >= 0.3 is 0 Å². The highest BCUT2D eigenvalue weighted by molar-refractivity contribution is 5.43. The molecular formula is C9H12N2. The van der Waals surface area contributed by atoms with E-state index >= 15 is 0 Å². The van der Waals surface area contributed by atoms with Crippen LogP contribution in [-0.4, -0.2) is 9.55 Å². The van der Waals surface area contributed by atoms with Crippen molar-refractivity contribution in [1.29, 1.82) is 0 Å². The lowest BCUT2D eigenvalue weighted by Gasteiger charge is -1.95. The first-order valence-corrected chi connectivity index (χ1v) is 3.53. The summed E-state index contributed by atoms with van der Waals surface area (Å²) in [6.07, 6.45) is 7.40. The molecule has 0 aliphatic carbocycles. The largest absolute Gasteiger partial charge is 0.332 e. The van der Waals surface area contributed by atoms with Gasteiger partial charge in [-0.15, -0.1) is 0 Å². The molecule has 0 bridgehead atoms. The minimum atomic E-state index is 0.961. The number of rotatable bonds is 2. The van der Waals surface area contributed by atoms with Gasteiger partial charge in [0.15, 0.2) is 0 Å². The number of aryl methyl sites for hydroxylation is 1. The molecule has 0 aromatic carbocycles. The van der Waals surface area contributed by atoms with Crippen molar-refractivity contribution in [2.24, 2.45) is 7.05 Å². The SMILES string of the molecule is C=C/C=C\c1ncc(C)n1C. The second-order valence-corrected chi connectivity index (χ2v) is 2.41. The summed E-state index contributed by atoms with van der Waals surface area (Å²) in [4.78, 5) is 4.18. The molecule has 0 radical (unpaired) electrons. The average molecular weight is 148 g/mol. The van der Waals surface area contributed by atoms with E-state index in [4.69, 9.17) is 0 Å². The molecule has 0 aliphatic heterocycles. The van der Waals surface area contributed by atoms with Gasteiger partial charge in [-0.2, -0.15) is 0 Å². The minimum absolute atomic E-state index is 0.961. The Hall–Kier alpha value is -1.31. The lowest BCUT2D eigenvalue weighted by atomic mass is 10.4. The van der Waals surface area contributed by atoms with Gasteiger partial charge in [0.25, 0.3) is 0 Å². The summed E-state index contributed by atoms with van der Waals surface area (Å²) in [6.45, 7) is 5.61. The molecule has 0 saturated carbocycles. The zero-order valence-corrected chi connectivity index (χ0v) is 6.91. The topological polar surface area (TPSA) is 17.8 Å². The third-order valence-electron chi connectivity index (χ3n) is 1.64. The highest BCUT2D eigenvalue weighted by Gasteiger charge is 1.96. The van der Waals surface area contributed by atoms with Crippen LogP contribution in [0, 0.1) is 6.92 Å². The highest BCUT2D eigenvalue weighted by Crippen LogP contribution is 2.02. The molecule has 11 heavy (non-hydrogen) atoms. The summed E-state index contributed by atoms with van der Waals surface area (Å²) >= 11 is 0. The lowest BCUT2D eigenvalue weighted by molar-refractivity contribution is 0.860. The van der Waals surface area contributed by atoms with Crippen molar-refractivity contribution in [1.82, 2.24) is 9.55 Å². The summed E-state index contributed by atoms with van der Waals surface area (Å²) in [5.74, 6) is 0.961. The molecule has 0 aliphatic rings. The van der Waals surface area contributed by atoms with Crippen molar-refractivity contribution in [3.63, 3.8) is 0 Å². The quantitative estimate of drug-likeness (QED) is 0.586. The first-order chi connectivity index (χ1) is 5.25. The lowest BCUT2D eigenvalue weighted by Crippen LogP contribution is -1.92. The molecule has 2 heteroatoms. The fraction of sp³-hybridized carbons (Fsp3) is 0.222. The average Bonchev–Trinajstić information content (AvgIpc) is 2.31. The maximum Gasteiger partial charge on any atom is 0.132 e. The Kier molecular flexibility index (Phi) is 2.26. The van der Waals surface area contributed by atoms with Crippen LogP contribution in [0.15, 0.2) is 24.9 Å². The zero-order chi connectivity index (χ0) is 8.27. The van der Waals surface area contributed by atoms with Crippen LogP contribution in [0.4, 0.5) is 0 Å². The van der Waals surface area contributed by atoms with E-state index in [1.165, 1.54) is 0 Å². The van der Waals surface area contributed by atoms with Gasteiger partial charge < -0.3 is 4.57 Å². The number of hydrogen-bond donors (Lipinski definition) is 0. The molecule has 1 aromatic rings. The van der Waals surface area contributed by atoms with Gasteiger partial charge in [-0.3, -0.25) is 0 Å². The second-order valence-electron chi connectivity index (χ2n) is 2.41. The van der Waals surface area contributed by atoms with Crippen molar-refractivity contribution in [3.8, 4) is 0 Å². The maximum absolute atomic E-state index is 4.18. The fourth-order valence-electron chi connectivity index (χ4n) is 0.822. The smallest absolute Gasteiger partial charge is 0.132 e. The predicted molar refractivity (Wildman–Crippen MR) is 47.2 cm³/mol. The van der Waals surface area contributed by atoms with E-state index in [1.54, 1.807) is 6.08 Å². The van der Waals surface area contributed by atoms with E-state index < -0.39 is 0 Å². The first-order valence-electron chi connectivity index (χ1n) is 3.53. The van der Waals surface area contributed by atoms with Crippen LogP contribution in [0.3, 0.4) is 0 Å². The summed E-state index contributed by atoms with van der Waals surface area (Å²) in [5, 5.41) is 0. The molecule has 0 saturated heterocycles. The second kappa shape index (κ2) is 3.19. The molecule has 1 aromatic heterocycles. The molecular weight excluding hydrogens is 136 g/mol. The minimum Gasteiger partial charge on any atom is -0.332 e. The van der Waals surface area contributed by atoms with Gasteiger partial charge in [0, 0.05) is 18.9 Å². The standard InChI is InChI=1S/C9H12N2/c1-4-5-6-9-10-7-8(2)11(9)3/h4-7H,1H2,2-3H3/b6-5-. The van der Waals surface area contributed by atoms with Crippen LogP contribution in [0.2, 0.25) is 0 Å². The molecule has 0 atom stereocenters. The Bertz CT molecular complexity index is 282. The molecule has 1 rings (SSSR count). The molecule has 58 valence electrons. The molecule has 2 nitrogen and oxygen atoms in total. The molecule has 0 fully saturated rings. The molecule has 0 N–H and O–H groups in total. The third kappa shape index (κ3) is 1.58. The molecule has 0 unspecified atom stereocenters. The number of aromatic nitrogens is 2. The number of nitrogens with zero attached hydrogens (tertiary/aromatic N) is 2. The van der Waals surface area contributed by atoms with E-state index in [0.29, 0.717) is 0 Å². The molecule has 0 spiro atoms. The van der Waals surface area contributed by atoms with E-state index in [2.05, 4.69) is 11.6 Å². The Balaban J connectivity index is 2.95. The maximum atomic E-state index is 4.18. The highest BCUT2D eigenvalue weighted by atomic mass is 15.0. The van der Waals surface area contributed by atoms with Gasteiger partial charge in [-0.25, -0.2) is 4.98 Å². The van der Waals surface area contributed by atoms with E-state index in [1.807, 2.05) is 36.9 Å². The Labute approximate surface area is 66.9 Å². The number of imidazole rings is 1. The van der Waals surface area contributed by atoms with Gasteiger partial charge in [0.1, 0.15) is 5.82 Å². The van der Waals surface area contributed by atoms with Crippen LogP contribution >= 0.6 is 0 Å². The van der Waals surface area contributed by atoms with Crippen molar-refractivity contribution in [3.05, 3.63) is 36.4 Å². The van der Waals surface area contributed by atoms with Crippen molar-refractivity contribution < 1.29 is 0 Å². The number of allylic oxidation sites excluding steroid dienone is 2. The van der Waals surface area contributed by atoms with Crippen LogP contribution in [0.25, 0.3) is 6.08 Å². The predicted octanol–water partition coefficient (Wildman–Crippen LogP) is 1.93. The van der Waals surface area contributed by atoms with E-state index in [0.717, 1.165) is 11.5 Å². The van der Waals surface area contributed by atoms with Crippen LogP contribution < -0.4 is 0 Å². The van der Waals surface area contributed by atoms with Crippen LogP contribution in [0.5, 0.6) is 0 Å². The van der Waals surface area contributed by atoms with E-state index in [9.17, 15) is 0 Å². The summed E-state index contributed by atoms with van der Waals surface area (Å²) in [6, 6.07) is 0. The van der Waals surface area contributed by atoms with Crippen LogP contribution in [-0.2, 0) is 7.05 Å². The Morgan fingerprint density at radius 3 is 2.82 bits per heavy atom. The van der Waals surface area contributed by atoms with Crippen LogP contribution in [0.1, 0.15) is 11.5 Å². The van der Waals surface area contributed by atoms with Gasteiger partial charge in [-0.1, -0.05) is 18.7 Å². The van der Waals surface area contributed by atoms with Gasteiger partial charge in [0.2, 0.25) is 0 Å². The van der Waals surface area contributed by atoms with Crippen molar-refractivity contribution in [2.75, 3.05) is 0 Å².